The first kappa shape index (κ1) is 19.6. The zero-order valence-corrected chi connectivity index (χ0v) is 16.4. The number of rotatable bonds is 7. The Bertz CT molecular complexity index is 958. The highest BCUT2D eigenvalue weighted by molar-refractivity contribution is 8.00. The SMILES string of the molecule is CC(=O)Nc1cccc(-n2cnnc2SC(C)C(=O)NCc2ccccc2)c1. The van der Waals surface area contributed by atoms with Crippen LogP contribution in [-0.2, 0) is 16.1 Å². The third-order valence-corrected chi connectivity index (χ3v) is 4.98. The van der Waals surface area contributed by atoms with Crippen LogP contribution in [0.2, 0.25) is 0 Å². The first-order chi connectivity index (χ1) is 13.5. The summed E-state index contributed by atoms with van der Waals surface area (Å²) in [5.41, 5.74) is 2.53. The van der Waals surface area contributed by atoms with E-state index in [-0.39, 0.29) is 17.1 Å². The Morgan fingerprint density at radius 1 is 1.14 bits per heavy atom. The van der Waals surface area contributed by atoms with Crippen LogP contribution in [0.4, 0.5) is 5.69 Å². The van der Waals surface area contributed by atoms with Crippen molar-refractivity contribution in [2.75, 3.05) is 5.32 Å². The van der Waals surface area contributed by atoms with Crippen molar-refractivity contribution in [1.29, 1.82) is 0 Å². The molecule has 0 aliphatic carbocycles. The molecule has 0 aliphatic rings. The van der Waals surface area contributed by atoms with Crippen molar-refractivity contribution in [3.63, 3.8) is 0 Å². The molecule has 2 amide bonds. The van der Waals surface area contributed by atoms with E-state index in [2.05, 4.69) is 20.8 Å². The van der Waals surface area contributed by atoms with Gasteiger partial charge in [0.25, 0.3) is 0 Å². The summed E-state index contributed by atoms with van der Waals surface area (Å²) in [6.07, 6.45) is 1.59. The van der Waals surface area contributed by atoms with Crippen molar-refractivity contribution in [2.45, 2.75) is 30.8 Å². The molecule has 7 nitrogen and oxygen atoms in total. The molecule has 28 heavy (non-hydrogen) atoms. The summed E-state index contributed by atoms with van der Waals surface area (Å²) in [6, 6.07) is 17.1. The maximum atomic E-state index is 12.4. The van der Waals surface area contributed by atoms with Crippen molar-refractivity contribution in [2.24, 2.45) is 0 Å². The minimum Gasteiger partial charge on any atom is -0.351 e. The Morgan fingerprint density at radius 3 is 2.68 bits per heavy atom. The van der Waals surface area contributed by atoms with E-state index in [9.17, 15) is 9.59 Å². The van der Waals surface area contributed by atoms with Crippen LogP contribution < -0.4 is 10.6 Å². The highest BCUT2D eigenvalue weighted by Gasteiger charge is 2.18. The molecule has 1 aromatic heterocycles. The quantitative estimate of drug-likeness (QED) is 0.600. The van der Waals surface area contributed by atoms with Gasteiger partial charge in [0.15, 0.2) is 5.16 Å². The minimum absolute atomic E-state index is 0.0737. The fourth-order valence-electron chi connectivity index (χ4n) is 2.56. The van der Waals surface area contributed by atoms with Gasteiger partial charge < -0.3 is 10.6 Å². The summed E-state index contributed by atoms with van der Waals surface area (Å²) in [7, 11) is 0. The Kier molecular flexibility index (Phi) is 6.44. The fourth-order valence-corrected chi connectivity index (χ4v) is 3.43. The van der Waals surface area contributed by atoms with Gasteiger partial charge in [-0.15, -0.1) is 10.2 Å². The molecular formula is C20H21N5O2S. The van der Waals surface area contributed by atoms with Crippen molar-refractivity contribution in [3.8, 4) is 5.69 Å². The van der Waals surface area contributed by atoms with E-state index in [0.717, 1.165) is 11.3 Å². The molecular weight excluding hydrogens is 374 g/mol. The lowest BCUT2D eigenvalue weighted by atomic mass is 10.2. The number of hydrogen-bond donors (Lipinski definition) is 2. The molecule has 8 heteroatoms. The summed E-state index contributed by atoms with van der Waals surface area (Å²) in [6.45, 7) is 3.77. The number of nitrogens with one attached hydrogen (secondary N) is 2. The zero-order chi connectivity index (χ0) is 19.9. The number of amides is 2. The molecule has 0 saturated heterocycles. The van der Waals surface area contributed by atoms with Gasteiger partial charge in [-0.1, -0.05) is 48.2 Å². The van der Waals surface area contributed by atoms with E-state index in [1.54, 1.807) is 10.9 Å². The number of carbonyl (C=O) groups is 2. The number of thioether (sulfide) groups is 1. The number of benzene rings is 2. The number of aromatic nitrogens is 3. The van der Waals surface area contributed by atoms with E-state index < -0.39 is 0 Å². The molecule has 0 radical (unpaired) electrons. The Morgan fingerprint density at radius 2 is 1.93 bits per heavy atom. The molecule has 3 rings (SSSR count). The van der Waals surface area contributed by atoms with E-state index in [1.165, 1.54) is 18.7 Å². The maximum absolute atomic E-state index is 12.4. The van der Waals surface area contributed by atoms with Crippen LogP contribution in [0.15, 0.2) is 66.1 Å². The highest BCUT2D eigenvalue weighted by Crippen LogP contribution is 2.25. The number of anilines is 1. The molecule has 2 N–H and O–H groups in total. The molecule has 0 bridgehead atoms. The molecule has 0 fully saturated rings. The van der Waals surface area contributed by atoms with Gasteiger partial charge in [0, 0.05) is 19.2 Å². The number of carbonyl (C=O) groups excluding carboxylic acids is 2. The van der Waals surface area contributed by atoms with Gasteiger partial charge in [-0.3, -0.25) is 14.2 Å². The topological polar surface area (TPSA) is 88.9 Å². The predicted molar refractivity (Wildman–Crippen MR) is 109 cm³/mol. The molecule has 0 saturated carbocycles. The average Bonchev–Trinajstić information content (AvgIpc) is 3.14. The normalized spacial score (nSPS) is 11.6. The zero-order valence-electron chi connectivity index (χ0n) is 15.6. The molecule has 1 atom stereocenters. The highest BCUT2D eigenvalue weighted by atomic mass is 32.2. The molecule has 144 valence electrons. The second-order valence-corrected chi connectivity index (χ2v) is 7.49. The van der Waals surface area contributed by atoms with Crippen molar-refractivity contribution in [1.82, 2.24) is 20.1 Å². The Labute approximate surface area is 167 Å². The maximum Gasteiger partial charge on any atom is 0.233 e. The summed E-state index contributed by atoms with van der Waals surface area (Å²) in [5, 5.41) is 14.0. The lowest BCUT2D eigenvalue weighted by molar-refractivity contribution is -0.120. The lowest BCUT2D eigenvalue weighted by Crippen LogP contribution is -2.30. The summed E-state index contributed by atoms with van der Waals surface area (Å²) in [5.74, 6) is -0.213. The van der Waals surface area contributed by atoms with Crippen LogP contribution in [0, 0.1) is 0 Å². The third-order valence-electron chi connectivity index (χ3n) is 3.92. The van der Waals surface area contributed by atoms with Gasteiger partial charge in [0.05, 0.1) is 10.9 Å². The van der Waals surface area contributed by atoms with Gasteiger partial charge >= 0.3 is 0 Å². The van der Waals surface area contributed by atoms with Crippen LogP contribution in [-0.4, -0.2) is 31.8 Å². The van der Waals surface area contributed by atoms with E-state index in [1.807, 2.05) is 61.5 Å². The van der Waals surface area contributed by atoms with Gasteiger partial charge in [-0.25, -0.2) is 0 Å². The van der Waals surface area contributed by atoms with Crippen LogP contribution in [0.1, 0.15) is 19.4 Å². The van der Waals surface area contributed by atoms with Crippen LogP contribution in [0.5, 0.6) is 0 Å². The fraction of sp³-hybridized carbons (Fsp3) is 0.200. The molecule has 2 aromatic carbocycles. The summed E-state index contributed by atoms with van der Waals surface area (Å²) >= 11 is 1.32. The Balaban J connectivity index is 1.66. The van der Waals surface area contributed by atoms with Gasteiger partial charge in [0.1, 0.15) is 6.33 Å². The van der Waals surface area contributed by atoms with Crippen LogP contribution >= 0.6 is 11.8 Å². The van der Waals surface area contributed by atoms with Crippen LogP contribution in [0.3, 0.4) is 0 Å². The van der Waals surface area contributed by atoms with E-state index >= 15 is 0 Å². The lowest BCUT2D eigenvalue weighted by Gasteiger charge is -2.13. The molecule has 3 aromatic rings. The number of hydrogen-bond acceptors (Lipinski definition) is 5. The first-order valence-electron chi connectivity index (χ1n) is 8.79. The summed E-state index contributed by atoms with van der Waals surface area (Å²) < 4.78 is 1.79. The minimum atomic E-state index is -0.342. The third kappa shape index (κ3) is 5.20. The number of nitrogens with zero attached hydrogens (tertiary/aromatic N) is 3. The van der Waals surface area contributed by atoms with E-state index in [0.29, 0.717) is 17.4 Å². The molecule has 0 spiro atoms. The smallest absolute Gasteiger partial charge is 0.233 e. The largest absolute Gasteiger partial charge is 0.351 e. The van der Waals surface area contributed by atoms with Crippen LogP contribution in [0.25, 0.3) is 5.69 Å². The second kappa shape index (κ2) is 9.18. The predicted octanol–water partition coefficient (Wildman–Crippen LogP) is 3.02. The van der Waals surface area contributed by atoms with Gasteiger partial charge in [0.2, 0.25) is 11.8 Å². The monoisotopic (exact) mass is 395 g/mol. The molecule has 1 unspecified atom stereocenters. The first-order valence-corrected chi connectivity index (χ1v) is 9.67. The average molecular weight is 395 g/mol. The van der Waals surface area contributed by atoms with Gasteiger partial charge in [-0.05, 0) is 30.7 Å². The van der Waals surface area contributed by atoms with Gasteiger partial charge in [-0.2, -0.15) is 0 Å². The van der Waals surface area contributed by atoms with Crippen molar-refractivity contribution >= 4 is 29.3 Å². The van der Waals surface area contributed by atoms with Crippen molar-refractivity contribution in [3.05, 3.63) is 66.5 Å². The van der Waals surface area contributed by atoms with E-state index in [4.69, 9.17) is 0 Å². The Hall–Kier alpha value is -3.13. The standard InChI is InChI=1S/C20H21N5O2S/c1-14(19(27)21-12-16-7-4-3-5-8-16)28-20-24-22-13-25(20)18-10-6-9-17(11-18)23-15(2)26/h3-11,13-14H,12H2,1-2H3,(H,21,27)(H,23,26). The molecule has 0 aliphatic heterocycles. The van der Waals surface area contributed by atoms with Crippen molar-refractivity contribution < 1.29 is 9.59 Å². The molecule has 1 heterocycles. The second-order valence-electron chi connectivity index (χ2n) is 6.18. The summed E-state index contributed by atoms with van der Waals surface area (Å²) in [4.78, 5) is 23.7.